The molecule has 150 valence electrons. The van der Waals surface area contributed by atoms with Crippen LogP contribution in [0.25, 0.3) is 33.4 Å². The number of benzene rings is 4. The first kappa shape index (κ1) is 18.7. The van der Waals surface area contributed by atoms with Crippen molar-refractivity contribution >= 4 is 11.4 Å². The lowest BCUT2D eigenvalue weighted by atomic mass is 9.85. The molecule has 4 aromatic rings. The van der Waals surface area contributed by atoms with Crippen molar-refractivity contribution in [1.82, 2.24) is 0 Å². The number of nitrogens with zero attached hydrogens (tertiary/aromatic N) is 2. The van der Waals surface area contributed by atoms with Gasteiger partial charge >= 0.3 is 11.4 Å². The zero-order valence-electron chi connectivity index (χ0n) is 16.3. The molecule has 0 saturated heterocycles. The lowest BCUT2D eigenvalue weighted by molar-refractivity contribution is -0.421. The van der Waals surface area contributed by atoms with Gasteiger partial charge in [0.2, 0.25) is 0 Å². The summed E-state index contributed by atoms with van der Waals surface area (Å²) in [5.41, 5.74) is 4.15. The average Bonchev–Trinajstić information content (AvgIpc) is 3.17. The highest BCUT2D eigenvalue weighted by Gasteiger charge is 2.41. The Morgan fingerprint density at radius 1 is 0.581 bits per heavy atom. The van der Waals surface area contributed by atoms with E-state index in [-0.39, 0.29) is 5.56 Å². The summed E-state index contributed by atoms with van der Waals surface area (Å²) in [5, 5.41) is 24.5. The first-order valence-electron chi connectivity index (χ1n) is 9.78. The molecule has 0 aliphatic heterocycles. The fraction of sp³-hybridized carbons (Fsp3) is 0.0400. The van der Waals surface area contributed by atoms with Gasteiger partial charge in [0.1, 0.15) is 0 Å². The van der Waals surface area contributed by atoms with Crippen molar-refractivity contribution in [1.29, 1.82) is 0 Å². The van der Waals surface area contributed by atoms with E-state index in [0.717, 1.165) is 16.7 Å². The molecule has 31 heavy (non-hydrogen) atoms. The van der Waals surface area contributed by atoms with Crippen molar-refractivity contribution in [3.05, 3.63) is 116 Å². The molecule has 5 rings (SSSR count). The van der Waals surface area contributed by atoms with Crippen molar-refractivity contribution in [2.75, 3.05) is 0 Å². The van der Waals surface area contributed by atoms with Gasteiger partial charge in [0.15, 0.2) is 0 Å². The molecule has 0 fully saturated rings. The first-order chi connectivity index (χ1) is 15.1. The second-order valence-corrected chi connectivity index (χ2v) is 7.38. The molecule has 0 atom stereocenters. The molecule has 6 nitrogen and oxygen atoms in total. The topological polar surface area (TPSA) is 86.3 Å². The summed E-state index contributed by atoms with van der Waals surface area (Å²) in [4.78, 5) is 23.3. The van der Waals surface area contributed by atoms with Gasteiger partial charge in [-0.2, -0.15) is 0 Å². The molecule has 0 spiro atoms. The highest BCUT2D eigenvalue weighted by atomic mass is 16.6. The largest absolute Gasteiger partial charge is 0.355 e. The maximum Gasteiger partial charge on any atom is 0.355 e. The van der Waals surface area contributed by atoms with Gasteiger partial charge in [0.25, 0.3) is 0 Å². The molecule has 0 amide bonds. The summed E-state index contributed by atoms with van der Waals surface area (Å²) in [6.45, 7) is 0. The SMILES string of the molecule is O=[N+]([O-])c1c2c(c(-c3ccccc3)c(-c3ccccc3)c1[N+](=O)[O-])Cc1ccccc1-2. The molecule has 0 unspecified atom stereocenters. The van der Waals surface area contributed by atoms with Crippen molar-refractivity contribution in [2.24, 2.45) is 0 Å². The molecule has 0 saturated carbocycles. The van der Waals surface area contributed by atoms with Gasteiger partial charge < -0.3 is 0 Å². The highest BCUT2D eigenvalue weighted by molar-refractivity contribution is 6.03. The van der Waals surface area contributed by atoms with Gasteiger partial charge in [-0.3, -0.25) is 20.2 Å². The Kier molecular flexibility index (Phi) is 4.33. The molecule has 0 aromatic heterocycles. The van der Waals surface area contributed by atoms with E-state index >= 15 is 0 Å². The van der Waals surface area contributed by atoms with E-state index in [1.165, 1.54) is 0 Å². The summed E-state index contributed by atoms with van der Waals surface area (Å²) < 4.78 is 0. The third kappa shape index (κ3) is 2.88. The first-order valence-corrected chi connectivity index (χ1v) is 9.78. The monoisotopic (exact) mass is 408 g/mol. The van der Waals surface area contributed by atoms with E-state index < -0.39 is 21.2 Å². The van der Waals surface area contributed by atoms with E-state index in [9.17, 15) is 20.2 Å². The zero-order chi connectivity index (χ0) is 21.5. The van der Waals surface area contributed by atoms with Crippen LogP contribution in [0.2, 0.25) is 0 Å². The Bertz CT molecular complexity index is 1350. The van der Waals surface area contributed by atoms with Gasteiger partial charge in [0.05, 0.1) is 21.0 Å². The fourth-order valence-corrected chi connectivity index (χ4v) is 4.51. The van der Waals surface area contributed by atoms with Crippen LogP contribution < -0.4 is 0 Å². The van der Waals surface area contributed by atoms with Crippen LogP contribution in [0.1, 0.15) is 11.1 Å². The van der Waals surface area contributed by atoms with E-state index in [0.29, 0.717) is 28.7 Å². The molecule has 1 aliphatic carbocycles. The summed E-state index contributed by atoms with van der Waals surface area (Å²) >= 11 is 0. The maximum absolute atomic E-state index is 12.3. The smallest absolute Gasteiger partial charge is 0.258 e. The number of rotatable bonds is 4. The van der Waals surface area contributed by atoms with Gasteiger partial charge in [-0.25, -0.2) is 0 Å². The standard InChI is InChI=1S/C25H16N2O4/c28-26(29)24-22(17-11-5-2-6-12-17)21(16-9-3-1-4-10-16)20-15-18-13-7-8-14-19(18)23(20)25(24)27(30)31/h1-14H,15H2. The Balaban J connectivity index is 2.03. The zero-order valence-corrected chi connectivity index (χ0v) is 16.3. The molecule has 6 heteroatoms. The Labute approximate surface area is 177 Å². The maximum atomic E-state index is 12.3. The van der Waals surface area contributed by atoms with Gasteiger partial charge in [-0.1, -0.05) is 84.9 Å². The summed E-state index contributed by atoms with van der Waals surface area (Å²) in [7, 11) is 0. The number of nitro benzene ring substituents is 2. The lowest BCUT2D eigenvalue weighted by Gasteiger charge is -2.17. The van der Waals surface area contributed by atoms with Gasteiger partial charge in [-0.15, -0.1) is 0 Å². The van der Waals surface area contributed by atoms with Crippen LogP contribution >= 0.6 is 0 Å². The van der Waals surface area contributed by atoms with Gasteiger partial charge in [-0.05, 0) is 34.2 Å². The van der Waals surface area contributed by atoms with Crippen LogP contribution in [0.15, 0.2) is 84.9 Å². The Morgan fingerprint density at radius 2 is 1.06 bits per heavy atom. The molecule has 0 heterocycles. The van der Waals surface area contributed by atoms with Crippen molar-refractivity contribution in [2.45, 2.75) is 6.42 Å². The predicted octanol–water partition coefficient (Wildman–Crippen LogP) is 6.41. The summed E-state index contributed by atoms with van der Waals surface area (Å²) in [6.07, 6.45) is 0.481. The molecule has 0 N–H and O–H groups in total. The van der Waals surface area contributed by atoms with Crippen molar-refractivity contribution in [3.8, 4) is 33.4 Å². The second kappa shape index (κ2) is 7.18. The minimum atomic E-state index is -0.617. The predicted molar refractivity (Wildman–Crippen MR) is 119 cm³/mol. The van der Waals surface area contributed by atoms with Crippen LogP contribution in [0, 0.1) is 20.2 Å². The number of hydrogen-bond acceptors (Lipinski definition) is 4. The number of nitro groups is 2. The average molecular weight is 408 g/mol. The minimum absolute atomic E-state index is 0.287. The van der Waals surface area contributed by atoms with E-state index in [2.05, 4.69) is 0 Å². The Hall–Kier alpha value is -4.32. The third-order valence-corrected chi connectivity index (χ3v) is 5.70. The fourth-order valence-electron chi connectivity index (χ4n) is 4.51. The molecular weight excluding hydrogens is 392 g/mol. The molecule has 0 bridgehead atoms. The van der Waals surface area contributed by atoms with Crippen molar-refractivity contribution < 1.29 is 9.85 Å². The van der Waals surface area contributed by atoms with Gasteiger partial charge in [0, 0.05) is 5.56 Å². The van der Waals surface area contributed by atoms with E-state index in [1.807, 2.05) is 48.5 Å². The van der Waals surface area contributed by atoms with Crippen LogP contribution in [0.5, 0.6) is 0 Å². The van der Waals surface area contributed by atoms with Crippen LogP contribution in [0.4, 0.5) is 11.4 Å². The summed E-state index contributed by atoms with van der Waals surface area (Å²) in [5.74, 6) is 0. The Morgan fingerprint density at radius 3 is 1.65 bits per heavy atom. The minimum Gasteiger partial charge on any atom is -0.258 e. The molecular formula is C25H16N2O4. The molecule has 0 radical (unpaired) electrons. The highest BCUT2D eigenvalue weighted by Crippen LogP contribution is 2.55. The lowest BCUT2D eigenvalue weighted by Crippen LogP contribution is -2.05. The van der Waals surface area contributed by atoms with Crippen molar-refractivity contribution in [3.63, 3.8) is 0 Å². The second-order valence-electron chi connectivity index (χ2n) is 7.38. The molecule has 1 aliphatic rings. The van der Waals surface area contributed by atoms with E-state index in [4.69, 9.17) is 0 Å². The summed E-state index contributed by atoms with van der Waals surface area (Å²) in [6, 6.07) is 25.7. The number of fused-ring (bicyclic) bond motifs is 3. The van der Waals surface area contributed by atoms with Crippen LogP contribution in [-0.4, -0.2) is 9.85 Å². The molecule has 4 aromatic carbocycles. The normalized spacial score (nSPS) is 11.6. The van der Waals surface area contributed by atoms with Crippen LogP contribution in [-0.2, 0) is 6.42 Å². The number of hydrogen-bond donors (Lipinski definition) is 0. The van der Waals surface area contributed by atoms with Crippen LogP contribution in [0.3, 0.4) is 0 Å². The van der Waals surface area contributed by atoms with E-state index in [1.54, 1.807) is 36.4 Å². The third-order valence-electron chi connectivity index (χ3n) is 5.70. The quantitative estimate of drug-likeness (QED) is 0.254.